The second kappa shape index (κ2) is 5.85. The van der Waals surface area contributed by atoms with E-state index in [1.165, 1.54) is 0 Å². The Labute approximate surface area is 135 Å². The van der Waals surface area contributed by atoms with Gasteiger partial charge in [0, 0.05) is 42.1 Å². The molecule has 0 aliphatic rings. The lowest BCUT2D eigenvalue weighted by Gasteiger charge is -2.15. The maximum Gasteiger partial charge on any atom is 0.138 e. The maximum atomic E-state index is 6.20. The van der Waals surface area contributed by atoms with Crippen LogP contribution in [0.5, 0.6) is 0 Å². The van der Waals surface area contributed by atoms with E-state index >= 15 is 0 Å². The normalized spacial score (nSPS) is 10.7. The van der Waals surface area contributed by atoms with Crippen LogP contribution in [0.4, 0.5) is 17.2 Å². The standard InChI is InChI=1S/C18H18ClN3/c1-12-16(19)5-4-6-17(12)21-18-15-11-14(22(2)3)8-7-13(15)9-10-20-18/h4-11H,1-3H3,(H,20,21). The van der Waals surface area contributed by atoms with Crippen LogP contribution in [0, 0.1) is 6.92 Å². The van der Waals surface area contributed by atoms with Crippen molar-refractivity contribution in [2.45, 2.75) is 6.92 Å². The summed E-state index contributed by atoms with van der Waals surface area (Å²) in [7, 11) is 4.07. The molecule has 0 fully saturated rings. The second-order valence-corrected chi connectivity index (χ2v) is 5.90. The Hall–Kier alpha value is -2.26. The molecule has 0 aliphatic carbocycles. The van der Waals surface area contributed by atoms with Crippen LogP contribution in [0.3, 0.4) is 0 Å². The minimum absolute atomic E-state index is 0.749. The number of hydrogen-bond donors (Lipinski definition) is 1. The molecule has 1 heterocycles. The molecule has 0 saturated carbocycles. The lowest BCUT2D eigenvalue weighted by molar-refractivity contribution is 1.13. The van der Waals surface area contributed by atoms with Crippen molar-refractivity contribution in [1.29, 1.82) is 0 Å². The van der Waals surface area contributed by atoms with Crippen molar-refractivity contribution in [1.82, 2.24) is 4.98 Å². The fourth-order valence-corrected chi connectivity index (χ4v) is 2.58. The number of hydrogen-bond acceptors (Lipinski definition) is 3. The largest absolute Gasteiger partial charge is 0.378 e. The topological polar surface area (TPSA) is 28.2 Å². The third kappa shape index (κ3) is 2.72. The van der Waals surface area contributed by atoms with Crippen molar-refractivity contribution in [3.63, 3.8) is 0 Å². The molecule has 0 radical (unpaired) electrons. The van der Waals surface area contributed by atoms with Crippen LogP contribution in [0.15, 0.2) is 48.7 Å². The molecular formula is C18H18ClN3. The lowest BCUT2D eigenvalue weighted by atomic mass is 10.1. The Morgan fingerprint density at radius 2 is 1.91 bits per heavy atom. The molecule has 0 amide bonds. The predicted octanol–water partition coefficient (Wildman–Crippen LogP) is 5.01. The summed E-state index contributed by atoms with van der Waals surface area (Å²) in [4.78, 5) is 6.58. The zero-order chi connectivity index (χ0) is 15.7. The minimum Gasteiger partial charge on any atom is -0.378 e. The molecule has 2 aromatic carbocycles. The van der Waals surface area contributed by atoms with E-state index in [0.29, 0.717) is 0 Å². The van der Waals surface area contributed by atoms with E-state index in [9.17, 15) is 0 Å². The summed E-state index contributed by atoms with van der Waals surface area (Å²) in [5.41, 5.74) is 3.14. The van der Waals surface area contributed by atoms with Crippen LogP contribution in [0.25, 0.3) is 10.8 Å². The highest BCUT2D eigenvalue weighted by molar-refractivity contribution is 6.31. The Morgan fingerprint density at radius 1 is 1.09 bits per heavy atom. The number of rotatable bonds is 3. The molecule has 112 valence electrons. The molecule has 3 aromatic rings. The van der Waals surface area contributed by atoms with E-state index in [2.05, 4.69) is 33.4 Å². The first kappa shape index (κ1) is 14.7. The first-order chi connectivity index (χ1) is 10.6. The molecule has 0 spiro atoms. The number of benzene rings is 2. The average molecular weight is 312 g/mol. The van der Waals surface area contributed by atoms with E-state index in [4.69, 9.17) is 11.6 Å². The molecule has 0 unspecified atom stereocenters. The van der Waals surface area contributed by atoms with Crippen molar-refractivity contribution in [2.75, 3.05) is 24.3 Å². The molecule has 0 saturated heterocycles. The van der Waals surface area contributed by atoms with Crippen molar-refractivity contribution in [3.05, 3.63) is 59.2 Å². The third-order valence-electron chi connectivity index (χ3n) is 3.79. The van der Waals surface area contributed by atoms with Gasteiger partial charge in [-0.2, -0.15) is 0 Å². The Bertz CT molecular complexity index is 828. The first-order valence-corrected chi connectivity index (χ1v) is 7.52. The molecule has 0 atom stereocenters. The molecular weight excluding hydrogens is 294 g/mol. The smallest absolute Gasteiger partial charge is 0.138 e. The summed E-state index contributed by atoms with van der Waals surface area (Å²) in [6.45, 7) is 2.00. The summed E-state index contributed by atoms with van der Waals surface area (Å²) < 4.78 is 0. The third-order valence-corrected chi connectivity index (χ3v) is 4.20. The van der Waals surface area contributed by atoms with E-state index in [1.54, 1.807) is 0 Å². The minimum atomic E-state index is 0.749. The van der Waals surface area contributed by atoms with Crippen molar-refractivity contribution in [2.24, 2.45) is 0 Å². The van der Waals surface area contributed by atoms with E-state index in [-0.39, 0.29) is 0 Å². The van der Waals surface area contributed by atoms with Crippen LogP contribution in [0.2, 0.25) is 5.02 Å². The number of halogens is 1. The molecule has 1 aromatic heterocycles. The summed E-state index contributed by atoms with van der Waals surface area (Å²) in [5.74, 6) is 0.839. The molecule has 3 nitrogen and oxygen atoms in total. The van der Waals surface area contributed by atoms with Gasteiger partial charge in [-0.1, -0.05) is 23.7 Å². The van der Waals surface area contributed by atoms with Crippen molar-refractivity contribution in [3.8, 4) is 0 Å². The number of nitrogens with zero attached hydrogens (tertiary/aromatic N) is 2. The fourth-order valence-electron chi connectivity index (χ4n) is 2.40. The first-order valence-electron chi connectivity index (χ1n) is 7.14. The summed E-state index contributed by atoms with van der Waals surface area (Å²) in [6.07, 6.45) is 1.82. The Balaban J connectivity index is 2.10. The van der Waals surface area contributed by atoms with Gasteiger partial charge in [-0.05, 0) is 48.2 Å². The molecule has 0 bridgehead atoms. The van der Waals surface area contributed by atoms with Gasteiger partial charge < -0.3 is 10.2 Å². The van der Waals surface area contributed by atoms with Crippen molar-refractivity contribution >= 4 is 39.6 Å². The van der Waals surface area contributed by atoms with Gasteiger partial charge in [0.05, 0.1) is 0 Å². The quantitative estimate of drug-likeness (QED) is 0.737. The average Bonchev–Trinajstić information content (AvgIpc) is 2.51. The van der Waals surface area contributed by atoms with Crippen LogP contribution in [0.1, 0.15) is 5.56 Å². The fraction of sp³-hybridized carbons (Fsp3) is 0.167. The van der Waals surface area contributed by atoms with Gasteiger partial charge in [0.25, 0.3) is 0 Å². The van der Waals surface area contributed by atoms with Gasteiger partial charge in [-0.3, -0.25) is 0 Å². The summed E-state index contributed by atoms with van der Waals surface area (Å²) >= 11 is 6.20. The van der Waals surface area contributed by atoms with Crippen LogP contribution >= 0.6 is 11.6 Å². The van der Waals surface area contributed by atoms with Crippen LogP contribution in [-0.4, -0.2) is 19.1 Å². The number of anilines is 3. The van der Waals surface area contributed by atoms with Gasteiger partial charge in [0.15, 0.2) is 0 Å². The zero-order valence-corrected chi connectivity index (χ0v) is 13.6. The Kier molecular flexibility index (Phi) is 3.90. The summed E-state index contributed by atoms with van der Waals surface area (Å²) in [6, 6.07) is 14.2. The molecule has 0 aliphatic heterocycles. The van der Waals surface area contributed by atoms with Gasteiger partial charge in [0.2, 0.25) is 0 Å². The van der Waals surface area contributed by atoms with Crippen LogP contribution in [-0.2, 0) is 0 Å². The number of pyridine rings is 1. The van der Waals surface area contributed by atoms with E-state index in [1.807, 2.05) is 51.5 Å². The summed E-state index contributed by atoms with van der Waals surface area (Å²) in [5, 5.41) is 6.40. The monoisotopic (exact) mass is 311 g/mol. The van der Waals surface area contributed by atoms with E-state index < -0.39 is 0 Å². The highest BCUT2D eigenvalue weighted by Crippen LogP contribution is 2.30. The number of fused-ring (bicyclic) bond motifs is 1. The predicted molar refractivity (Wildman–Crippen MR) is 95.5 cm³/mol. The number of nitrogens with one attached hydrogen (secondary N) is 1. The zero-order valence-electron chi connectivity index (χ0n) is 12.9. The van der Waals surface area contributed by atoms with Gasteiger partial charge in [0.1, 0.15) is 5.82 Å². The second-order valence-electron chi connectivity index (χ2n) is 5.50. The molecule has 4 heteroatoms. The Morgan fingerprint density at radius 3 is 2.68 bits per heavy atom. The van der Waals surface area contributed by atoms with Crippen LogP contribution < -0.4 is 10.2 Å². The van der Waals surface area contributed by atoms with E-state index in [0.717, 1.165) is 38.6 Å². The van der Waals surface area contributed by atoms with Gasteiger partial charge >= 0.3 is 0 Å². The SMILES string of the molecule is Cc1c(Cl)cccc1Nc1nccc2ccc(N(C)C)cc12. The van der Waals surface area contributed by atoms with Gasteiger partial charge in [-0.15, -0.1) is 0 Å². The highest BCUT2D eigenvalue weighted by Gasteiger charge is 2.08. The van der Waals surface area contributed by atoms with Gasteiger partial charge in [-0.25, -0.2) is 4.98 Å². The molecule has 3 rings (SSSR count). The van der Waals surface area contributed by atoms with Crippen molar-refractivity contribution < 1.29 is 0 Å². The highest BCUT2D eigenvalue weighted by atomic mass is 35.5. The lowest BCUT2D eigenvalue weighted by Crippen LogP contribution is -2.08. The molecule has 1 N–H and O–H groups in total. The maximum absolute atomic E-state index is 6.20. The molecule has 22 heavy (non-hydrogen) atoms. The number of aromatic nitrogens is 1.